The van der Waals surface area contributed by atoms with E-state index in [2.05, 4.69) is 83.1 Å². The number of alkyl halides is 4. The molecule has 0 aromatic heterocycles. The highest BCUT2D eigenvalue weighted by Gasteiger charge is 2.57. The molecule has 398 valence electrons. The van der Waals surface area contributed by atoms with Gasteiger partial charge in [0.05, 0.1) is 0 Å². The maximum atomic E-state index is 14.1. The van der Waals surface area contributed by atoms with Crippen molar-refractivity contribution in [1.82, 2.24) is 0 Å². The van der Waals surface area contributed by atoms with E-state index < -0.39 is 11.3 Å². The molecule has 0 radical (unpaired) electrons. The van der Waals surface area contributed by atoms with Gasteiger partial charge in [-0.1, -0.05) is 109 Å². The minimum absolute atomic E-state index is 0.253. The summed E-state index contributed by atoms with van der Waals surface area (Å²) in [4.78, 5) is 0.506. The van der Waals surface area contributed by atoms with Gasteiger partial charge in [0.25, 0.3) is 0 Å². The summed E-state index contributed by atoms with van der Waals surface area (Å²) >= 11 is 13.2. The van der Waals surface area contributed by atoms with Crippen LogP contribution in [0, 0.1) is 116 Å². The molecule has 69 heavy (non-hydrogen) atoms. The predicted octanol–water partition coefficient (Wildman–Crippen LogP) is 20.8. The van der Waals surface area contributed by atoms with Crippen LogP contribution in [0.1, 0.15) is 269 Å². The summed E-state index contributed by atoms with van der Waals surface area (Å²) < 4.78 is 28.0. The van der Waals surface area contributed by atoms with Crippen LogP contribution in [0.3, 0.4) is 0 Å². The maximum absolute atomic E-state index is 14.1. The smallest absolute Gasteiger partial charge is 0.111 e. The van der Waals surface area contributed by atoms with E-state index in [-0.39, 0.29) is 9.75 Å². The molecule has 16 bridgehead atoms. The Kier molecular flexibility index (Phi) is 15.5. The van der Waals surface area contributed by atoms with E-state index in [0.717, 1.165) is 152 Å². The molecule has 19 rings (SSSR count). The second-order valence-electron chi connectivity index (χ2n) is 31.9. The van der Waals surface area contributed by atoms with Crippen LogP contribution in [0.2, 0.25) is 0 Å². The zero-order valence-electron chi connectivity index (χ0n) is 47.3. The van der Waals surface area contributed by atoms with Crippen LogP contribution in [0.15, 0.2) is 0 Å². The van der Waals surface area contributed by atoms with Crippen LogP contribution >= 0.6 is 23.2 Å². The fraction of sp³-hybridized carbons (Fsp3) is 1.00. The third-order valence-electron chi connectivity index (χ3n) is 26.3. The van der Waals surface area contributed by atoms with Gasteiger partial charge < -0.3 is 0 Å². The zero-order chi connectivity index (χ0) is 49.7. The number of fused-ring (bicyclic) bond motifs is 5. The fourth-order valence-corrected chi connectivity index (χ4v) is 22.0. The Labute approximate surface area is 436 Å². The molecule has 0 heterocycles. The summed E-state index contributed by atoms with van der Waals surface area (Å²) in [5, 5.41) is 0. The lowest BCUT2D eigenvalue weighted by molar-refractivity contribution is -0.104. The monoisotopic (exact) mass is 999 g/mol. The molecule has 19 aliphatic rings. The van der Waals surface area contributed by atoms with E-state index in [1.807, 2.05) is 0 Å². The van der Waals surface area contributed by atoms with Gasteiger partial charge in [-0.3, -0.25) is 0 Å². The normalized spacial score (nSPS) is 54.4. The minimum Gasteiger partial charge on any atom is -0.244 e. The molecule has 0 aliphatic heterocycles. The lowest BCUT2D eigenvalue weighted by Crippen LogP contribution is -2.51. The first kappa shape index (κ1) is 54.2. The number of halogens is 4. The average Bonchev–Trinajstić information content (AvgIpc) is 3.27. The molecule has 0 spiro atoms. The highest BCUT2D eigenvalue weighted by Crippen LogP contribution is 2.65. The Bertz CT molecular complexity index is 1550. The zero-order valence-corrected chi connectivity index (χ0v) is 48.8. The number of rotatable bonds is 1. The lowest BCUT2D eigenvalue weighted by Gasteiger charge is -2.59. The molecular formula is C65H110Cl2F2. The third kappa shape index (κ3) is 11.3. The van der Waals surface area contributed by atoms with Crippen molar-refractivity contribution in [1.29, 1.82) is 0 Å². The molecule has 19 saturated carbocycles. The van der Waals surface area contributed by atoms with Crippen molar-refractivity contribution >= 4 is 23.2 Å². The van der Waals surface area contributed by atoms with E-state index in [9.17, 15) is 8.78 Å². The summed E-state index contributed by atoms with van der Waals surface area (Å²) in [6.07, 6.45) is 36.9. The molecule has 0 amide bonds. The van der Waals surface area contributed by atoms with Gasteiger partial charge in [0, 0.05) is 9.75 Å². The van der Waals surface area contributed by atoms with Gasteiger partial charge in [0.1, 0.15) is 11.3 Å². The second kappa shape index (κ2) is 19.8. The van der Waals surface area contributed by atoms with Gasteiger partial charge in [-0.15, -0.1) is 23.2 Å². The standard InChI is InChI=1S/C12H21F.2C11H17Cl.C11H17F.C10H18.C10H20/c1-10(2,3)11-4-7-12(13,8-5-11)9-6-11;3*1-7-9-2-8-3-10(7)6-11(12,4-8)5-9;1-7-4-5-8-6-9(7)10(8,2)3;1-4-10(3)7-5-9(2)6-8-10/h4-9H2,1-3H3;3*7-10H,2-6H2,1H3;7-9H,4-6H2,1-3H3;9H,4-8H2,1-3H3/t;;;;7-,8-,9-;/m....0./s1. The first-order chi connectivity index (χ1) is 32.1. The van der Waals surface area contributed by atoms with E-state index in [4.69, 9.17) is 23.2 Å². The summed E-state index contributed by atoms with van der Waals surface area (Å²) in [6.45, 7) is 28.7. The van der Waals surface area contributed by atoms with Crippen molar-refractivity contribution in [2.75, 3.05) is 0 Å². The summed E-state index contributed by atoms with van der Waals surface area (Å²) in [5.41, 5.74) is 0.746. The van der Waals surface area contributed by atoms with Crippen molar-refractivity contribution in [3.8, 4) is 0 Å². The van der Waals surface area contributed by atoms with E-state index >= 15 is 0 Å². The third-order valence-corrected chi connectivity index (χ3v) is 27.2. The van der Waals surface area contributed by atoms with Crippen LogP contribution < -0.4 is 0 Å². The molecule has 19 fully saturated rings. The van der Waals surface area contributed by atoms with Crippen molar-refractivity contribution < 1.29 is 8.78 Å². The van der Waals surface area contributed by atoms with Crippen LogP contribution in [-0.4, -0.2) is 21.1 Å². The SMILES string of the molecule is CC(C)(C)C12CCC(F)(CC1)CC2.CC1C2CC3CC1CC(Cl)(C3)C2.CC1C2CC3CC1CC(Cl)(C3)C2.CC1C2CC3CC1CC(F)(C3)C2.CCC1(C)CCC(C)CC1.C[C@H]1CC[C@H]2C[C@@H]1C2(C)C. The molecule has 0 saturated heterocycles. The average molecular weight is 1000 g/mol. The quantitative estimate of drug-likeness (QED) is 0.230. The Morgan fingerprint density at radius 1 is 0.464 bits per heavy atom. The number of hydrogen-bond acceptors (Lipinski definition) is 0. The van der Waals surface area contributed by atoms with E-state index in [1.54, 1.807) is 0 Å². The van der Waals surface area contributed by atoms with Gasteiger partial charge in [0.15, 0.2) is 0 Å². The van der Waals surface area contributed by atoms with Crippen molar-refractivity contribution in [3.63, 3.8) is 0 Å². The van der Waals surface area contributed by atoms with Crippen molar-refractivity contribution in [2.24, 2.45) is 116 Å². The predicted molar refractivity (Wildman–Crippen MR) is 292 cm³/mol. The van der Waals surface area contributed by atoms with E-state index in [0.29, 0.717) is 21.7 Å². The van der Waals surface area contributed by atoms with Gasteiger partial charge in [-0.25, -0.2) is 8.78 Å². The molecule has 19 aliphatic carbocycles. The molecule has 0 N–H and O–H groups in total. The number of hydrogen-bond donors (Lipinski definition) is 0. The van der Waals surface area contributed by atoms with Crippen molar-refractivity contribution in [3.05, 3.63) is 0 Å². The highest BCUT2D eigenvalue weighted by atomic mass is 35.5. The Morgan fingerprint density at radius 2 is 0.855 bits per heavy atom. The summed E-state index contributed by atoms with van der Waals surface area (Å²) in [6, 6.07) is 0. The Hall–Kier alpha value is 0.440. The van der Waals surface area contributed by atoms with Crippen LogP contribution in [-0.2, 0) is 0 Å². The Balaban J connectivity index is 0.000000103. The molecule has 0 aromatic rings. The van der Waals surface area contributed by atoms with Crippen LogP contribution in [0.4, 0.5) is 8.78 Å². The molecule has 4 heteroatoms. The van der Waals surface area contributed by atoms with Crippen LogP contribution in [0.5, 0.6) is 0 Å². The fourth-order valence-electron chi connectivity index (χ4n) is 20.8. The topological polar surface area (TPSA) is 0 Å². The lowest BCUT2D eigenvalue weighted by atomic mass is 9.46. The largest absolute Gasteiger partial charge is 0.244 e. The van der Waals surface area contributed by atoms with Gasteiger partial charge >= 0.3 is 0 Å². The first-order valence-corrected chi connectivity index (χ1v) is 31.7. The Morgan fingerprint density at radius 3 is 1.16 bits per heavy atom. The summed E-state index contributed by atoms with van der Waals surface area (Å²) in [5.74, 6) is 15.1. The molecule has 0 aromatic carbocycles. The molecular weight excluding hydrogens is 890 g/mol. The van der Waals surface area contributed by atoms with E-state index in [1.165, 1.54) is 128 Å². The molecule has 6 unspecified atom stereocenters. The first-order valence-electron chi connectivity index (χ1n) is 30.9. The van der Waals surface area contributed by atoms with Gasteiger partial charge in [-0.05, 0) is 277 Å². The minimum atomic E-state index is -0.771. The second-order valence-corrected chi connectivity index (χ2v) is 33.5. The van der Waals surface area contributed by atoms with Crippen LogP contribution in [0.25, 0.3) is 0 Å². The molecule has 0 nitrogen and oxygen atoms in total. The molecule has 9 atom stereocenters. The van der Waals surface area contributed by atoms with Gasteiger partial charge in [0.2, 0.25) is 0 Å². The highest BCUT2D eigenvalue weighted by molar-refractivity contribution is 6.24. The van der Waals surface area contributed by atoms with Gasteiger partial charge in [-0.2, -0.15) is 0 Å². The maximum Gasteiger partial charge on any atom is 0.111 e. The summed E-state index contributed by atoms with van der Waals surface area (Å²) in [7, 11) is 0. The van der Waals surface area contributed by atoms with Crippen molar-refractivity contribution in [2.45, 2.75) is 290 Å².